The summed E-state index contributed by atoms with van der Waals surface area (Å²) in [5.74, 6) is -5.43. The number of rotatable bonds is 6. The van der Waals surface area contributed by atoms with E-state index in [1.807, 2.05) is 19.1 Å². The molecule has 6 atom stereocenters. The number of likely N-dealkylation sites (tertiary alicyclic amines) is 2. The van der Waals surface area contributed by atoms with E-state index in [4.69, 9.17) is 4.74 Å². The van der Waals surface area contributed by atoms with E-state index in [0.29, 0.717) is 16.9 Å². The third-order valence-electron chi connectivity index (χ3n) is 9.48. The second-order valence-electron chi connectivity index (χ2n) is 11.1. The molecule has 0 spiro atoms. The van der Waals surface area contributed by atoms with E-state index in [-0.39, 0.29) is 24.9 Å². The number of nitrogens with zero attached hydrogens (tertiary/aromatic N) is 2. The number of benzene rings is 2. The number of ether oxygens (including phenoxy) is 1. The molecule has 2 aliphatic heterocycles. The van der Waals surface area contributed by atoms with Crippen LogP contribution in [0.25, 0.3) is 5.57 Å². The molecule has 40 heavy (non-hydrogen) atoms. The van der Waals surface area contributed by atoms with Crippen molar-refractivity contribution in [3.8, 4) is 5.75 Å². The van der Waals surface area contributed by atoms with Gasteiger partial charge in [0.25, 0.3) is 5.91 Å². The lowest BCUT2D eigenvalue weighted by molar-refractivity contribution is -0.148. The molecule has 5 amide bonds. The van der Waals surface area contributed by atoms with E-state index in [9.17, 15) is 24.0 Å². The van der Waals surface area contributed by atoms with Gasteiger partial charge in [-0.25, -0.2) is 0 Å². The maximum absolute atomic E-state index is 14.0. The predicted octanol–water partition coefficient (Wildman–Crippen LogP) is 2.52. The van der Waals surface area contributed by atoms with Crippen molar-refractivity contribution >= 4 is 35.1 Å². The van der Waals surface area contributed by atoms with Gasteiger partial charge in [0.05, 0.1) is 36.3 Å². The monoisotopic (exact) mass is 541 g/mol. The lowest BCUT2D eigenvalue weighted by Gasteiger charge is -2.60. The minimum absolute atomic E-state index is 0.152. The molecule has 5 aliphatic rings. The minimum Gasteiger partial charge on any atom is -0.497 e. The summed E-state index contributed by atoms with van der Waals surface area (Å²) in [6.45, 7) is 5.58. The Morgan fingerprint density at radius 2 is 1.30 bits per heavy atom. The molecular formula is C31H31N3O6. The van der Waals surface area contributed by atoms with Gasteiger partial charge in [0, 0.05) is 24.1 Å². The number of allylic oxidation sites excluding steroid dienone is 1. The standard InChI is InChI=1S/C31H31N3O6/c1-5-33-26(36)21-23(28(33)38)31(32-25(35)18-10-8-7-9-11-18)16-20(17-12-14-19(40-4)15-13-17)30(21,3)22-24(31)29(39)34(6-2)27(22)37/h7-16,21-24H,5-6H2,1-4H3,(H,32,35)/t21-,22+,23+,24-,30?,31?. The van der Waals surface area contributed by atoms with Gasteiger partial charge in [0.1, 0.15) is 5.75 Å². The molecule has 9 nitrogen and oxygen atoms in total. The van der Waals surface area contributed by atoms with Crippen LogP contribution in [-0.4, -0.2) is 65.1 Å². The number of nitrogens with one attached hydrogen (secondary N) is 1. The van der Waals surface area contributed by atoms with Crippen molar-refractivity contribution < 1.29 is 28.7 Å². The Kier molecular flexibility index (Phi) is 5.76. The topological polar surface area (TPSA) is 113 Å². The summed E-state index contributed by atoms with van der Waals surface area (Å²) < 4.78 is 5.34. The number of amides is 5. The molecule has 2 bridgehead atoms. The Balaban J connectivity index is 1.65. The fourth-order valence-corrected chi connectivity index (χ4v) is 7.76. The summed E-state index contributed by atoms with van der Waals surface area (Å²) in [7, 11) is 1.56. The molecule has 7 rings (SSSR count). The third kappa shape index (κ3) is 3.11. The Morgan fingerprint density at radius 1 is 0.800 bits per heavy atom. The molecule has 2 unspecified atom stereocenters. The van der Waals surface area contributed by atoms with E-state index in [1.54, 1.807) is 69.5 Å². The fourth-order valence-electron chi connectivity index (χ4n) is 7.76. The number of imide groups is 2. The Labute approximate surface area is 232 Å². The summed E-state index contributed by atoms with van der Waals surface area (Å²) in [6, 6.07) is 15.8. The highest BCUT2D eigenvalue weighted by atomic mass is 16.5. The van der Waals surface area contributed by atoms with Crippen LogP contribution in [0.15, 0.2) is 60.7 Å². The molecule has 2 saturated heterocycles. The summed E-state index contributed by atoms with van der Waals surface area (Å²) in [6.07, 6.45) is 1.80. The summed E-state index contributed by atoms with van der Waals surface area (Å²) in [5, 5.41) is 3.07. The highest BCUT2D eigenvalue weighted by Gasteiger charge is 2.80. The van der Waals surface area contributed by atoms with Crippen LogP contribution in [-0.2, 0) is 19.2 Å². The van der Waals surface area contributed by atoms with Crippen molar-refractivity contribution in [3.63, 3.8) is 0 Å². The van der Waals surface area contributed by atoms with Crippen LogP contribution in [0, 0.1) is 29.1 Å². The van der Waals surface area contributed by atoms with Crippen molar-refractivity contribution in [1.82, 2.24) is 15.1 Å². The molecule has 2 aromatic carbocycles. The number of carbonyl (C=O) groups is 5. The zero-order valence-corrected chi connectivity index (χ0v) is 22.8. The molecule has 3 aliphatic carbocycles. The van der Waals surface area contributed by atoms with E-state index in [0.717, 1.165) is 5.56 Å². The molecule has 1 N–H and O–H groups in total. The first kappa shape index (κ1) is 26.0. The van der Waals surface area contributed by atoms with Crippen molar-refractivity contribution in [2.24, 2.45) is 29.1 Å². The molecule has 206 valence electrons. The quantitative estimate of drug-likeness (QED) is 0.563. The highest BCUT2D eigenvalue weighted by Crippen LogP contribution is 2.69. The average Bonchev–Trinajstić information content (AvgIpc) is 3.40. The molecule has 3 fully saturated rings. The SMILES string of the molecule is CCN1C(=O)[C@@H]2[C@H](C1=O)C1(NC(=O)c3ccccc3)C=C(c3ccc(OC)cc3)C2(C)[C@H]2C(=O)N(CC)C(=O)[C@H]21. The van der Waals surface area contributed by atoms with Crippen molar-refractivity contribution in [3.05, 3.63) is 71.8 Å². The maximum Gasteiger partial charge on any atom is 0.252 e. The van der Waals surface area contributed by atoms with Crippen LogP contribution < -0.4 is 10.1 Å². The van der Waals surface area contributed by atoms with Gasteiger partial charge >= 0.3 is 0 Å². The smallest absolute Gasteiger partial charge is 0.252 e. The van der Waals surface area contributed by atoms with E-state index in [1.165, 1.54) is 9.80 Å². The average molecular weight is 542 g/mol. The van der Waals surface area contributed by atoms with Gasteiger partial charge in [-0.1, -0.05) is 43.3 Å². The van der Waals surface area contributed by atoms with Crippen LogP contribution in [0.3, 0.4) is 0 Å². The third-order valence-corrected chi connectivity index (χ3v) is 9.48. The summed E-state index contributed by atoms with van der Waals surface area (Å²) in [5.41, 5.74) is -1.04. The number of carbonyl (C=O) groups excluding carboxylic acids is 5. The van der Waals surface area contributed by atoms with Gasteiger partial charge in [-0.3, -0.25) is 33.8 Å². The largest absolute Gasteiger partial charge is 0.497 e. The molecule has 9 heteroatoms. The molecule has 2 heterocycles. The maximum atomic E-state index is 14.0. The second kappa shape index (κ2) is 8.87. The van der Waals surface area contributed by atoms with Crippen molar-refractivity contribution in [2.45, 2.75) is 26.3 Å². The van der Waals surface area contributed by atoms with E-state index < -0.39 is 52.3 Å². The van der Waals surface area contributed by atoms with Gasteiger partial charge in [-0.2, -0.15) is 0 Å². The van der Waals surface area contributed by atoms with E-state index >= 15 is 0 Å². The van der Waals surface area contributed by atoms with Crippen molar-refractivity contribution in [2.75, 3.05) is 20.2 Å². The highest BCUT2D eigenvalue weighted by molar-refractivity contribution is 6.15. The van der Waals surface area contributed by atoms with Crippen LogP contribution in [0.5, 0.6) is 5.75 Å². The molecule has 1 saturated carbocycles. The molecule has 0 aromatic heterocycles. The summed E-state index contributed by atoms with van der Waals surface area (Å²) >= 11 is 0. The Hall–Kier alpha value is -4.27. The van der Waals surface area contributed by atoms with Gasteiger partial charge in [-0.05, 0) is 49.2 Å². The van der Waals surface area contributed by atoms with Gasteiger partial charge in [-0.15, -0.1) is 0 Å². The lowest BCUT2D eigenvalue weighted by Crippen LogP contribution is -2.72. The molecule has 0 radical (unpaired) electrons. The Bertz CT molecular complexity index is 1430. The van der Waals surface area contributed by atoms with Crippen molar-refractivity contribution in [1.29, 1.82) is 0 Å². The Morgan fingerprint density at radius 3 is 1.77 bits per heavy atom. The normalized spacial score (nSPS) is 32.2. The second-order valence-corrected chi connectivity index (χ2v) is 11.1. The zero-order valence-electron chi connectivity index (χ0n) is 22.8. The molecule has 2 aromatic rings. The number of methoxy groups -OCH3 is 1. The van der Waals surface area contributed by atoms with Crippen LogP contribution in [0.4, 0.5) is 0 Å². The zero-order chi connectivity index (χ0) is 28.6. The number of hydrogen-bond acceptors (Lipinski definition) is 6. The van der Waals surface area contributed by atoms with Gasteiger partial charge in [0.15, 0.2) is 0 Å². The van der Waals surface area contributed by atoms with Gasteiger partial charge in [0.2, 0.25) is 23.6 Å². The van der Waals surface area contributed by atoms with Crippen LogP contribution >= 0.6 is 0 Å². The molecular weight excluding hydrogens is 510 g/mol. The predicted molar refractivity (Wildman–Crippen MR) is 144 cm³/mol. The minimum atomic E-state index is -1.59. The van der Waals surface area contributed by atoms with Gasteiger partial charge < -0.3 is 10.1 Å². The van der Waals surface area contributed by atoms with Crippen LogP contribution in [0.2, 0.25) is 0 Å². The lowest BCUT2D eigenvalue weighted by atomic mass is 9.41. The first-order valence-electron chi connectivity index (χ1n) is 13.6. The first-order valence-corrected chi connectivity index (χ1v) is 13.6. The van der Waals surface area contributed by atoms with Crippen LogP contribution in [0.1, 0.15) is 36.7 Å². The van der Waals surface area contributed by atoms with E-state index in [2.05, 4.69) is 5.32 Å². The number of hydrogen-bond donors (Lipinski definition) is 1. The first-order chi connectivity index (χ1) is 19.1. The summed E-state index contributed by atoms with van der Waals surface area (Å²) in [4.78, 5) is 72.2. The fraction of sp³-hybridized carbons (Fsp3) is 0.387.